The Morgan fingerprint density at radius 1 is 0.778 bits per heavy atom. The molecule has 0 aromatic heterocycles. The minimum Gasteiger partial charge on any atom is -0.394 e. The summed E-state index contributed by atoms with van der Waals surface area (Å²) in [6, 6.07) is 0. The Balaban J connectivity index is 3.03. The first-order valence-electron chi connectivity index (χ1n) is 7.19. The number of aliphatic hydroxyl groups excluding tert-OH is 1. The summed E-state index contributed by atoms with van der Waals surface area (Å²) in [7, 11) is 0. The van der Waals surface area contributed by atoms with Crippen LogP contribution in [0.25, 0.3) is 0 Å². The summed E-state index contributed by atoms with van der Waals surface area (Å²) < 4.78 is 15.9. The zero-order valence-corrected chi connectivity index (χ0v) is 12.0. The van der Waals surface area contributed by atoms with Crippen molar-refractivity contribution in [1.82, 2.24) is 0 Å². The lowest BCUT2D eigenvalue weighted by Crippen LogP contribution is -2.11. The third-order valence-electron chi connectivity index (χ3n) is 3.04. The molecule has 0 unspecified atom stereocenters. The first kappa shape index (κ1) is 17.8. The molecule has 1 N–H and O–H groups in total. The predicted octanol–water partition coefficient (Wildman–Crippen LogP) is 2.24. The molecule has 0 rings (SSSR count). The first-order valence-corrected chi connectivity index (χ1v) is 7.19. The van der Waals surface area contributed by atoms with Gasteiger partial charge in [-0.2, -0.15) is 0 Å². The number of rotatable bonds is 14. The van der Waals surface area contributed by atoms with Crippen molar-refractivity contribution in [3.8, 4) is 0 Å². The molecule has 0 fully saturated rings. The van der Waals surface area contributed by atoms with Gasteiger partial charge in [0.05, 0.1) is 39.6 Å². The topological polar surface area (TPSA) is 47.9 Å². The molecule has 4 heteroatoms. The maximum atomic E-state index is 8.48. The summed E-state index contributed by atoms with van der Waals surface area (Å²) in [4.78, 5) is 0. The fourth-order valence-electron chi connectivity index (χ4n) is 1.78. The third-order valence-corrected chi connectivity index (χ3v) is 3.04. The summed E-state index contributed by atoms with van der Waals surface area (Å²) in [5, 5.41) is 8.48. The molecule has 0 radical (unpaired) electrons. The molecule has 0 aromatic carbocycles. The lowest BCUT2D eigenvalue weighted by molar-refractivity contribution is 0.00685. The molecule has 18 heavy (non-hydrogen) atoms. The summed E-state index contributed by atoms with van der Waals surface area (Å²) >= 11 is 0. The van der Waals surface area contributed by atoms with E-state index in [1.807, 2.05) is 0 Å². The minimum atomic E-state index is 0.0691. The zero-order valence-electron chi connectivity index (χ0n) is 12.0. The van der Waals surface area contributed by atoms with Crippen LogP contribution >= 0.6 is 0 Å². The SMILES string of the molecule is CCC(CC)CCCOCCOCCOCCO. The molecule has 0 atom stereocenters. The Labute approximate surface area is 112 Å². The van der Waals surface area contributed by atoms with E-state index in [0.29, 0.717) is 33.0 Å². The van der Waals surface area contributed by atoms with E-state index < -0.39 is 0 Å². The monoisotopic (exact) mass is 262 g/mol. The van der Waals surface area contributed by atoms with Crippen molar-refractivity contribution in [2.24, 2.45) is 5.92 Å². The molecule has 0 amide bonds. The second kappa shape index (κ2) is 14.9. The second-order valence-electron chi connectivity index (χ2n) is 4.39. The van der Waals surface area contributed by atoms with Crippen molar-refractivity contribution < 1.29 is 19.3 Å². The molecule has 0 saturated carbocycles. The molecule has 110 valence electrons. The molecular weight excluding hydrogens is 232 g/mol. The smallest absolute Gasteiger partial charge is 0.0701 e. The Kier molecular flexibility index (Phi) is 14.8. The van der Waals surface area contributed by atoms with Gasteiger partial charge in [0.15, 0.2) is 0 Å². The number of hydrogen-bond acceptors (Lipinski definition) is 4. The van der Waals surface area contributed by atoms with Crippen LogP contribution in [0.4, 0.5) is 0 Å². The van der Waals surface area contributed by atoms with E-state index in [9.17, 15) is 0 Å². The summed E-state index contributed by atoms with van der Waals surface area (Å²) in [5.74, 6) is 0.855. The van der Waals surface area contributed by atoms with Crippen LogP contribution in [0.15, 0.2) is 0 Å². The van der Waals surface area contributed by atoms with E-state index >= 15 is 0 Å². The molecule has 0 saturated heterocycles. The van der Waals surface area contributed by atoms with Crippen LogP contribution in [0.5, 0.6) is 0 Å². The van der Waals surface area contributed by atoms with Gasteiger partial charge in [-0.25, -0.2) is 0 Å². The van der Waals surface area contributed by atoms with Crippen LogP contribution < -0.4 is 0 Å². The van der Waals surface area contributed by atoms with E-state index in [-0.39, 0.29) is 6.61 Å². The van der Waals surface area contributed by atoms with Crippen LogP contribution in [0.3, 0.4) is 0 Å². The van der Waals surface area contributed by atoms with E-state index in [1.165, 1.54) is 19.3 Å². The van der Waals surface area contributed by atoms with Gasteiger partial charge in [0.1, 0.15) is 0 Å². The second-order valence-corrected chi connectivity index (χ2v) is 4.39. The largest absolute Gasteiger partial charge is 0.394 e. The van der Waals surface area contributed by atoms with Gasteiger partial charge < -0.3 is 19.3 Å². The van der Waals surface area contributed by atoms with Crippen LogP contribution in [0.2, 0.25) is 0 Å². The zero-order chi connectivity index (χ0) is 13.5. The molecule has 0 aliphatic heterocycles. The van der Waals surface area contributed by atoms with Gasteiger partial charge in [-0.3, -0.25) is 0 Å². The van der Waals surface area contributed by atoms with Gasteiger partial charge in [-0.15, -0.1) is 0 Å². The molecule has 0 aliphatic rings. The summed E-state index contributed by atoms with van der Waals surface area (Å²) in [5.41, 5.74) is 0. The first-order chi connectivity index (χ1) is 8.85. The average Bonchev–Trinajstić information content (AvgIpc) is 2.40. The lowest BCUT2D eigenvalue weighted by atomic mass is 9.98. The van der Waals surface area contributed by atoms with Gasteiger partial charge >= 0.3 is 0 Å². The fourth-order valence-corrected chi connectivity index (χ4v) is 1.78. The van der Waals surface area contributed by atoms with Crippen LogP contribution in [0.1, 0.15) is 39.5 Å². The standard InChI is InChI=1S/C14H30O4/c1-3-14(4-2)6-5-8-16-10-12-18-13-11-17-9-7-15/h14-15H,3-13H2,1-2H3. The van der Waals surface area contributed by atoms with E-state index in [4.69, 9.17) is 19.3 Å². The molecule has 0 heterocycles. The Morgan fingerprint density at radius 3 is 1.78 bits per heavy atom. The van der Waals surface area contributed by atoms with E-state index in [0.717, 1.165) is 18.9 Å². The average molecular weight is 262 g/mol. The van der Waals surface area contributed by atoms with Gasteiger partial charge in [-0.05, 0) is 18.8 Å². The molecule has 0 spiro atoms. The quantitative estimate of drug-likeness (QED) is 0.488. The number of ether oxygens (including phenoxy) is 3. The fraction of sp³-hybridized carbons (Fsp3) is 1.00. The minimum absolute atomic E-state index is 0.0691. The van der Waals surface area contributed by atoms with Crippen LogP contribution in [0, 0.1) is 5.92 Å². The maximum absolute atomic E-state index is 8.48. The van der Waals surface area contributed by atoms with E-state index in [2.05, 4.69) is 13.8 Å². The third kappa shape index (κ3) is 12.3. The molecule has 0 aliphatic carbocycles. The summed E-state index contributed by atoms with van der Waals surface area (Å²) in [6.07, 6.45) is 4.95. The number of hydrogen-bond donors (Lipinski definition) is 1. The van der Waals surface area contributed by atoms with Gasteiger partial charge in [-0.1, -0.05) is 26.7 Å². The Morgan fingerprint density at radius 2 is 1.28 bits per heavy atom. The highest BCUT2D eigenvalue weighted by Gasteiger charge is 2.02. The highest BCUT2D eigenvalue weighted by molar-refractivity contribution is 4.54. The molecular formula is C14H30O4. The van der Waals surface area contributed by atoms with E-state index in [1.54, 1.807) is 0 Å². The maximum Gasteiger partial charge on any atom is 0.0701 e. The van der Waals surface area contributed by atoms with Crippen molar-refractivity contribution in [3.05, 3.63) is 0 Å². The van der Waals surface area contributed by atoms with Crippen molar-refractivity contribution in [3.63, 3.8) is 0 Å². The molecule has 0 aromatic rings. The van der Waals surface area contributed by atoms with Gasteiger partial charge in [0.25, 0.3) is 0 Å². The van der Waals surface area contributed by atoms with Crippen molar-refractivity contribution in [2.45, 2.75) is 39.5 Å². The van der Waals surface area contributed by atoms with Crippen molar-refractivity contribution in [2.75, 3.05) is 46.2 Å². The van der Waals surface area contributed by atoms with Gasteiger partial charge in [0.2, 0.25) is 0 Å². The highest BCUT2D eigenvalue weighted by atomic mass is 16.5. The van der Waals surface area contributed by atoms with Crippen LogP contribution in [-0.2, 0) is 14.2 Å². The van der Waals surface area contributed by atoms with Crippen molar-refractivity contribution >= 4 is 0 Å². The number of aliphatic hydroxyl groups is 1. The normalized spacial score (nSPS) is 11.3. The van der Waals surface area contributed by atoms with Gasteiger partial charge in [0, 0.05) is 6.61 Å². The lowest BCUT2D eigenvalue weighted by Gasteiger charge is -2.11. The Hall–Kier alpha value is -0.160. The Bertz CT molecular complexity index is 149. The molecule has 4 nitrogen and oxygen atoms in total. The van der Waals surface area contributed by atoms with Crippen LogP contribution in [-0.4, -0.2) is 51.4 Å². The summed E-state index contributed by atoms with van der Waals surface area (Å²) in [6.45, 7) is 8.17. The molecule has 0 bridgehead atoms. The predicted molar refractivity (Wildman–Crippen MR) is 72.8 cm³/mol. The highest BCUT2D eigenvalue weighted by Crippen LogP contribution is 2.14. The van der Waals surface area contributed by atoms with Crippen molar-refractivity contribution in [1.29, 1.82) is 0 Å².